The number of thiazole rings is 1. The van der Waals surface area contributed by atoms with Crippen molar-refractivity contribution < 1.29 is 43.3 Å². The molecule has 17 heteroatoms. The lowest BCUT2D eigenvalue weighted by molar-refractivity contribution is -0.131. The Bertz CT molecular complexity index is 2030. The van der Waals surface area contributed by atoms with E-state index in [2.05, 4.69) is 20.8 Å². The van der Waals surface area contributed by atoms with Crippen LogP contribution in [0.25, 0.3) is 10.4 Å². The highest BCUT2D eigenvalue weighted by atomic mass is 35.5. The second-order valence-electron chi connectivity index (χ2n) is 16.4. The minimum atomic E-state index is -1.15. The first-order valence-electron chi connectivity index (χ1n) is 20.2. The first-order valence-corrected chi connectivity index (χ1v) is 21.4. The van der Waals surface area contributed by atoms with Crippen LogP contribution in [0.1, 0.15) is 88.8 Å². The number of likely N-dealkylation sites (tertiary alicyclic amines) is 1. The van der Waals surface area contributed by atoms with Crippen molar-refractivity contribution in [3.8, 4) is 22.1 Å². The van der Waals surface area contributed by atoms with Crippen molar-refractivity contribution in [1.82, 2.24) is 25.7 Å². The summed E-state index contributed by atoms with van der Waals surface area (Å²) in [5.74, 6) is -0.412. The maximum atomic E-state index is 13.5. The number of aromatic nitrogens is 2. The van der Waals surface area contributed by atoms with E-state index >= 15 is 0 Å². The van der Waals surface area contributed by atoms with Crippen LogP contribution in [0.4, 0.5) is 4.79 Å². The second-order valence-corrected chi connectivity index (χ2v) is 17.6. The van der Waals surface area contributed by atoms with Crippen LogP contribution < -0.4 is 25.8 Å². The molecule has 5 rings (SSSR count). The van der Waals surface area contributed by atoms with Gasteiger partial charge in [-0.05, 0) is 87.2 Å². The van der Waals surface area contributed by atoms with Gasteiger partial charge in [0.1, 0.15) is 29.9 Å². The van der Waals surface area contributed by atoms with Gasteiger partial charge in [0.15, 0.2) is 0 Å². The molecule has 0 radical (unpaired) electrons. The number of primary amides is 1. The van der Waals surface area contributed by atoms with Crippen LogP contribution in [0.2, 0.25) is 5.02 Å². The van der Waals surface area contributed by atoms with Crippen molar-refractivity contribution in [1.29, 1.82) is 0 Å². The summed E-state index contributed by atoms with van der Waals surface area (Å²) in [6, 6.07) is 13.7. The number of carbonyl (C=O) groups is 3. The lowest BCUT2D eigenvalue weighted by Crippen LogP contribution is -2.50. The number of benzene rings is 2. The van der Waals surface area contributed by atoms with Crippen molar-refractivity contribution in [3.63, 3.8) is 0 Å². The third-order valence-corrected chi connectivity index (χ3v) is 11.5. The molecule has 6 N–H and O–H groups in total. The second kappa shape index (κ2) is 21.2. The number of nitrogens with one attached hydrogen (secondary N) is 2. The SMILES string of the molecule is Cc1ncsc1-c1ccc(CNC(=O)[C@@H]2C[C@@H](O)CN2C(O)C(c2cc(OCCCc3cccc(OC[C@H](CCC(N)=O)NC(=O)OC(C)(C)C)c3Cl)no2)C(C)C)cc1. The van der Waals surface area contributed by atoms with Gasteiger partial charge in [0.2, 0.25) is 11.8 Å². The summed E-state index contributed by atoms with van der Waals surface area (Å²) in [7, 11) is 0. The van der Waals surface area contributed by atoms with Gasteiger partial charge in [0.05, 0.1) is 51.8 Å². The number of halogens is 1. The molecule has 0 bridgehead atoms. The molecule has 1 aliphatic rings. The van der Waals surface area contributed by atoms with E-state index in [1.165, 1.54) is 0 Å². The molecule has 2 aromatic carbocycles. The Balaban J connectivity index is 1.13. The van der Waals surface area contributed by atoms with E-state index in [4.69, 9.17) is 36.1 Å². The van der Waals surface area contributed by atoms with Gasteiger partial charge in [-0.1, -0.05) is 61.8 Å². The minimum Gasteiger partial charge on any atom is -0.490 e. The van der Waals surface area contributed by atoms with Gasteiger partial charge < -0.3 is 45.3 Å². The molecule has 3 amide bonds. The summed E-state index contributed by atoms with van der Waals surface area (Å²) in [6.07, 6.45) is -0.951. The summed E-state index contributed by atoms with van der Waals surface area (Å²) >= 11 is 8.30. The Labute approximate surface area is 359 Å². The Kier molecular flexibility index (Phi) is 16.3. The van der Waals surface area contributed by atoms with Gasteiger partial charge in [0.25, 0.3) is 5.88 Å². The monoisotopic (exact) mass is 868 g/mol. The van der Waals surface area contributed by atoms with Crippen molar-refractivity contribution in [2.75, 3.05) is 19.8 Å². The minimum absolute atomic E-state index is 0.0373. The number of ether oxygens (including phenoxy) is 3. The number of aryl methyl sites for hydroxylation is 2. The van der Waals surface area contributed by atoms with Crippen LogP contribution in [-0.4, -0.2) is 92.9 Å². The molecule has 326 valence electrons. The highest BCUT2D eigenvalue weighted by Gasteiger charge is 2.44. The molecular formula is C43H57ClN6O9S. The Hall–Kier alpha value is -4.74. The average Bonchev–Trinajstić information content (AvgIpc) is 3.93. The van der Waals surface area contributed by atoms with Crippen LogP contribution in [0.3, 0.4) is 0 Å². The molecule has 3 heterocycles. The van der Waals surface area contributed by atoms with Crippen molar-refractivity contribution in [2.45, 2.75) is 116 Å². The predicted octanol–water partition coefficient (Wildman–Crippen LogP) is 6.12. The van der Waals surface area contributed by atoms with Crippen molar-refractivity contribution in [3.05, 3.63) is 81.6 Å². The third-order valence-electron chi connectivity index (χ3n) is 10.0. The van der Waals surface area contributed by atoms with Gasteiger partial charge >= 0.3 is 6.09 Å². The van der Waals surface area contributed by atoms with Gasteiger partial charge in [-0.2, -0.15) is 0 Å². The lowest BCUT2D eigenvalue weighted by Gasteiger charge is -2.34. The number of nitrogens with zero attached hydrogens (tertiary/aromatic N) is 3. The summed E-state index contributed by atoms with van der Waals surface area (Å²) < 4.78 is 22.9. The summed E-state index contributed by atoms with van der Waals surface area (Å²) in [5, 5.41) is 32.6. The quantitative estimate of drug-likeness (QED) is 0.0637. The van der Waals surface area contributed by atoms with E-state index in [1.807, 2.05) is 62.7 Å². The van der Waals surface area contributed by atoms with E-state index in [1.54, 1.807) is 49.1 Å². The molecule has 1 fully saturated rings. The molecule has 5 atom stereocenters. The Morgan fingerprint density at radius 2 is 1.88 bits per heavy atom. The van der Waals surface area contributed by atoms with Crippen LogP contribution >= 0.6 is 22.9 Å². The van der Waals surface area contributed by atoms with E-state index < -0.39 is 47.9 Å². The fourth-order valence-corrected chi connectivity index (χ4v) is 8.14. The van der Waals surface area contributed by atoms with E-state index in [0.717, 1.165) is 27.3 Å². The Morgan fingerprint density at radius 3 is 2.55 bits per heavy atom. The molecule has 1 aliphatic heterocycles. The van der Waals surface area contributed by atoms with Crippen molar-refractivity contribution >= 4 is 40.8 Å². The highest BCUT2D eigenvalue weighted by Crippen LogP contribution is 2.36. The Morgan fingerprint density at radius 1 is 1.13 bits per heavy atom. The largest absolute Gasteiger partial charge is 0.490 e. The standard InChI is InChI=1S/C43H57ClN6O9S/c1-25(2)37(41(54)50-22-31(51)19-32(50)40(53)46-21-27-12-14-29(15-13-27)39-26(3)47-24-60-39)34-20-36(49-59-34)56-18-8-10-28-9-7-11-33(38(28)44)57-23-30(16-17-35(45)52)48-42(55)58-43(4,5)6/h7,9,11-15,20,24-25,30-32,37,41,51,54H,8,10,16-19,21-23H2,1-6H3,(H2,45,52)(H,46,53)(H,48,55)/t30-,31+,32-,37?,41?/m0/s1. The first kappa shape index (κ1) is 46.3. The number of hydrogen-bond donors (Lipinski definition) is 5. The number of aliphatic hydroxyl groups excluding tert-OH is 2. The topological polar surface area (TPSA) is 212 Å². The van der Waals surface area contributed by atoms with E-state index in [-0.39, 0.29) is 56.7 Å². The summed E-state index contributed by atoms with van der Waals surface area (Å²) in [4.78, 5) is 44.4. The first-order chi connectivity index (χ1) is 28.5. The third kappa shape index (κ3) is 13.1. The molecule has 1 saturated heterocycles. The number of hydrogen-bond acceptors (Lipinski definition) is 13. The van der Waals surface area contributed by atoms with E-state index in [9.17, 15) is 24.6 Å². The van der Waals surface area contributed by atoms with Crippen LogP contribution in [-0.2, 0) is 27.3 Å². The zero-order chi connectivity index (χ0) is 43.6. The molecule has 0 spiro atoms. The number of nitrogens with two attached hydrogens (primary N) is 1. The van der Waals surface area contributed by atoms with Gasteiger partial charge in [0, 0.05) is 25.6 Å². The van der Waals surface area contributed by atoms with Gasteiger partial charge in [-0.15, -0.1) is 11.3 Å². The summed E-state index contributed by atoms with van der Waals surface area (Å²) in [5.41, 5.74) is 10.2. The average molecular weight is 869 g/mol. The number of β-amino-alcohol motifs (C(OH)–C–C–N with tert-alkyl or cyclic N) is 1. The van der Waals surface area contributed by atoms with Crippen LogP contribution in [0.5, 0.6) is 11.6 Å². The number of alkyl carbamates (subject to hydrolysis) is 1. The maximum absolute atomic E-state index is 13.5. The predicted molar refractivity (Wildman–Crippen MR) is 228 cm³/mol. The van der Waals surface area contributed by atoms with Crippen LogP contribution in [0.15, 0.2) is 58.6 Å². The van der Waals surface area contributed by atoms with Gasteiger partial charge in [-0.3, -0.25) is 14.5 Å². The number of carbonyl (C=O) groups excluding carboxylic acids is 3. The summed E-state index contributed by atoms with van der Waals surface area (Å²) in [6.45, 7) is 11.9. The van der Waals surface area contributed by atoms with E-state index in [0.29, 0.717) is 35.9 Å². The highest BCUT2D eigenvalue weighted by molar-refractivity contribution is 7.13. The molecule has 4 aromatic rings. The lowest BCUT2D eigenvalue weighted by atomic mass is 9.90. The zero-order valence-corrected chi connectivity index (χ0v) is 36.6. The smallest absolute Gasteiger partial charge is 0.407 e. The molecule has 0 saturated carbocycles. The normalized spacial score (nSPS) is 17.2. The van der Waals surface area contributed by atoms with Gasteiger partial charge in [-0.25, -0.2) is 9.78 Å². The van der Waals surface area contributed by atoms with Crippen molar-refractivity contribution in [2.24, 2.45) is 11.7 Å². The number of amides is 3. The molecule has 2 unspecified atom stereocenters. The van der Waals surface area contributed by atoms with Crippen LogP contribution in [0, 0.1) is 12.8 Å². The molecular weight excluding hydrogens is 812 g/mol. The fourth-order valence-electron chi connectivity index (χ4n) is 7.05. The molecule has 60 heavy (non-hydrogen) atoms. The fraction of sp³-hybridized carbons (Fsp3) is 0.512. The molecule has 0 aliphatic carbocycles. The molecule has 2 aromatic heterocycles. The number of rotatable bonds is 20. The number of aliphatic hydroxyl groups is 2. The molecule has 15 nitrogen and oxygen atoms in total. The maximum Gasteiger partial charge on any atom is 0.407 e. The zero-order valence-electron chi connectivity index (χ0n) is 35.0.